The summed E-state index contributed by atoms with van der Waals surface area (Å²) in [5, 5.41) is -0.971. The molecule has 5 heteroatoms. The van der Waals surface area contributed by atoms with Gasteiger partial charge >= 0.3 is 0 Å². The molecule has 1 aromatic rings. The van der Waals surface area contributed by atoms with Gasteiger partial charge in [-0.15, -0.1) is 0 Å². The minimum Gasteiger partial charge on any atom is -0.321 e. The molecular weight excluding hydrogens is 297 g/mol. The first-order valence-corrected chi connectivity index (χ1v) is 9.34. The molecule has 22 heavy (non-hydrogen) atoms. The average Bonchev–Trinajstić information content (AvgIpc) is 2.62. The molecule has 1 aliphatic rings. The summed E-state index contributed by atoms with van der Waals surface area (Å²) in [5.74, 6) is -0.677. The predicted molar refractivity (Wildman–Crippen MR) is 88.9 cm³/mol. The monoisotopic (exact) mass is 321 g/mol. The van der Waals surface area contributed by atoms with Gasteiger partial charge in [-0.1, -0.05) is 53.7 Å². The third kappa shape index (κ3) is 2.44. The molecule has 2 amide bonds. The fraction of sp³-hybridized carbons (Fsp3) is 0.529. The molecule has 0 unspecified atom stereocenters. The lowest BCUT2D eigenvalue weighted by molar-refractivity contribution is 0.0678. The summed E-state index contributed by atoms with van der Waals surface area (Å²) in [6.07, 6.45) is -0.00759. The quantitative estimate of drug-likeness (QED) is 0.606. The van der Waals surface area contributed by atoms with Crippen LogP contribution in [-0.4, -0.2) is 33.3 Å². The second kappa shape index (κ2) is 5.06. The molecule has 0 saturated heterocycles. The van der Waals surface area contributed by atoms with Crippen LogP contribution >= 0.6 is 7.14 Å². The summed E-state index contributed by atoms with van der Waals surface area (Å²) in [6.45, 7) is 11.5. The Bertz CT molecular complexity index is 627. The maximum Gasteiger partial charge on any atom is 0.261 e. The molecule has 1 aliphatic heterocycles. The van der Waals surface area contributed by atoms with Gasteiger partial charge < -0.3 is 4.57 Å². The molecule has 0 aliphatic carbocycles. The number of carbonyl (C=O) groups is 2. The van der Waals surface area contributed by atoms with Crippen molar-refractivity contribution in [2.24, 2.45) is 0 Å². The summed E-state index contributed by atoms with van der Waals surface area (Å²) in [5.41, 5.74) is 0.809. The standard InChI is InChI=1S/C17H24NO3P/c1-16(2,3)22(21,17(4,5)6)11-18-14(19)12-9-7-8-10-13(12)15(18)20/h7-10H,11H2,1-6H3. The van der Waals surface area contributed by atoms with Crippen molar-refractivity contribution >= 4 is 19.0 Å². The first-order valence-electron chi connectivity index (χ1n) is 7.45. The lowest BCUT2D eigenvalue weighted by Gasteiger charge is -2.42. The molecule has 1 heterocycles. The molecule has 0 N–H and O–H groups in total. The molecule has 0 saturated carbocycles. The van der Waals surface area contributed by atoms with Crippen molar-refractivity contribution in [2.45, 2.75) is 51.9 Å². The van der Waals surface area contributed by atoms with Crippen molar-refractivity contribution in [1.29, 1.82) is 0 Å². The number of fused-ring (bicyclic) bond motifs is 1. The average molecular weight is 321 g/mol. The van der Waals surface area contributed by atoms with Gasteiger partial charge in [-0.3, -0.25) is 14.5 Å². The van der Waals surface area contributed by atoms with Crippen molar-refractivity contribution in [3.8, 4) is 0 Å². The molecule has 0 bridgehead atoms. The first-order chi connectivity index (χ1) is 9.90. The van der Waals surface area contributed by atoms with Gasteiger partial charge in [0.2, 0.25) is 0 Å². The van der Waals surface area contributed by atoms with Crippen LogP contribution in [-0.2, 0) is 4.57 Å². The Kier molecular flexibility index (Phi) is 3.90. The van der Waals surface area contributed by atoms with Crippen LogP contribution in [0.2, 0.25) is 0 Å². The van der Waals surface area contributed by atoms with E-state index in [4.69, 9.17) is 0 Å². The van der Waals surface area contributed by atoms with E-state index in [0.717, 1.165) is 0 Å². The van der Waals surface area contributed by atoms with Crippen molar-refractivity contribution < 1.29 is 14.2 Å². The Morgan fingerprint density at radius 2 is 1.23 bits per heavy atom. The van der Waals surface area contributed by atoms with E-state index in [1.54, 1.807) is 24.3 Å². The summed E-state index contributed by atoms with van der Waals surface area (Å²) in [4.78, 5) is 26.2. The van der Waals surface area contributed by atoms with Crippen LogP contribution in [0.25, 0.3) is 0 Å². The Morgan fingerprint density at radius 3 is 1.55 bits per heavy atom. The maximum absolute atomic E-state index is 13.7. The fourth-order valence-electron chi connectivity index (χ4n) is 3.00. The smallest absolute Gasteiger partial charge is 0.261 e. The predicted octanol–water partition coefficient (Wildman–Crippen LogP) is 4.20. The van der Waals surface area contributed by atoms with Gasteiger partial charge in [0, 0.05) is 10.3 Å². The van der Waals surface area contributed by atoms with Gasteiger partial charge in [0.25, 0.3) is 11.8 Å². The molecule has 0 atom stereocenters. The van der Waals surface area contributed by atoms with Crippen LogP contribution in [0.1, 0.15) is 62.3 Å². The third-order valence-electron chi connectivity index (χ3n) is 4.39. The van der Waals surface area contributed by atoms with Gasteiger partial charge in [-0.25, -0.2) is 0 Å². The van der Waals surface area contributed by atoms with E-state index in [1.165, 1.54) is 4.90 Å². The normalized spacial score (nSPS) is 16.2. The van der Waals surface area contributed by atoms with E-state index in [1.807, 2.05) is 41.5 Å². The molecular formula is C17H24NO3P. The number of nitrogens with zero attached hydrogens (tertiary/aromatic N) is 1. The Balaban J connectivity index is 2.45. The maximum atomic E-state index is 13.7. The molecule has 0 radical (unpaired) electrons. The van der Waals surface area contributed by atoms with Crippen molar-refractivity contribution in [1.82, 2.24) is 4.90 Å². The Hall–Kier alpha value is -1.41. The summed E-state index contributed by atoms with van der Waals surface area (Å²) >= 11 is 0. The van der Waals surface area contributed by atoms with Crippen LogP contribution in [0.15, 0.2) is 24.3 Å². The highest BCUT2D eigenvalue weighted by Gasteiger charge is 2.50. The largest absolute Gasteiger partial charge is 0.321 e. The van der Waals surface area contributed by atoms with E-state index in [0.29, 0.717) is 11.1 Å². The van der Waals surface area contributed by atoms with Crippen LogP contribution in [0.3, 0.4) is 0 Å². The van der Waals surface area contributed by atoms with Crippen molar-refractivity contribution in [3.05, 3.63) is 35.4 Å². The fourth-order valence-corrected chi connectivity index (χ4v) is 6.51. The second-order valence-electron chi connectivity index (χ2n) is 7.81. The van der Waals surface area contributed by atoms with Gasteiger partial charge in [-0.2, -0.15) is 0 Å². The zero-order chi connectivity index (χ0) is 16.9. The van der Waals surface area contributed by atoms with Crippen LogP contribution in [0.4, 0.5) is 0 Å². The number of imide groups is 1. The highest BCUT2D eigenvalue weighted by molar-refractivity contribution is 7.67. The van der Waals surface area contributed by atoms with Gasteiger partial charge in [0.1, 0.15) is 7.14 Å². The SMILES string of the molecule is CC(C)(C)P(=O)(CN1C(=O)c2ccccc2C1=O)C(C)(C)C. The van der Waals surface area contributed by atoms with Gasteiger partial charge in [0.15, 0.2) is 0 Å². The topological polar surface area (TPSA) is 54.5 Å². The van der Waals surface area contributed by atoms with Crippen LogP contribution < -0.4 is 0 Å². The number of carbonyl (C=O) groups excluding carboxylic acids is 2. The molecule has 0 aromatic heterocycles. The summed E-state index contributed by atoms with van der Waals surface area (Å²) in [6, 6.07) is 6.77. The molecule has 120 valence electrons. The zero-order valence-corrected chi connectivity index (χ0v) is 15.0. The van der Waals surface area contributed by atoms with Crippen molar-refractivity contribution in [3.63, 3.8) is 0 Å². The number of benzene rings is 1. The number of hydrogen-bond acceptors (Lipinski definition) is 3. The molecule has 4 nitrogen and oxygen atoms in total. The number of amides is 2. The van der Waals surface area contributed by atoms with E-state index in [-0.39, 0.29) is 18.1 Å². The molecule has 0 spiro atoms. The lowest BCUT2D eigenvalue weighted by Crippen LogP contribution is -2.39. The van der Waals surface area contributed by atoms with Gasteiger partial charge in [-0.05, 0) is 12.1 Å². The molecule has 2 rings (SSSR count). The Labute approximate surface area is 132 Å². The van der Waals surface area contributed by atoms with E-state index in [2.05, 4.69) is 0 Å². The minimum atomic E-state index is -2.86. The van der Waals surface area contributed by atoms with Gasteiger partial charge in [0.05, 0.1) is 17.4 Å². The minimum absolute atomic E-state index is 0.00759. The van der Waals surface area contributed by atoms with E-state index < -0.39 is 17.5 Å². The summed E-state index contributed by atoms with van der Waals surface area (Å²) in [7, 11) is -2.86. The third-order valence-corrected chi connectivity index (χ3v) is 9.40. The highest BCUT2D eigenvalue weighted by atomic mass is 31.2. The molecule has 0 fully saturated rings. The first kappa shape index (κ1) is 17.0. The summed E-state index contributed by atoms with van der Waals surface area (Å²) < 4.78 is 13.7. The molecule has 1 aromatic carbocycles. The lowest BCUT2D eigenvalue weighted by atomic mass is 10.1. The van der Waals surface area contributed by atoms with Crippen LogP contribution in [0.5, 0.6) is 0 Å². The number of rotatable bonds is 2. The Morgan fingerprint density at radius 1 is 0.864 bits per heavy atom. The zero-order valence-electron chi connectivity index (χ0n) is 14.1. The van der Waals surface area contributed by atoms with Crippen LogP contribution in [0, 0.1) is 0 Å². The van der Waals surface area contributed by atoms with Crippen molar-refractivity contribution in [2.75, 3.05) is 6.29 Å². The second-order valence-corrected chi connectivity index (χ2v) is 12.3. The highest BCUT2D eigenvalue weighted by Crippen LogP contribution is 2.67. The van der Waals surface area contributed by atoms with E-state index in [9.17, 15) is 14.2 Å². The van der Waals surface area contributed by atoms with E-state index >= 15 is 0 Å². The number of hydrogen-bond donors (Lipinski definition) is 0.